The molecule has 74 valence electrons. The summed E-state index contributed by atoms with van der Waals surface area (Å²) in [5.41, 5.74) is 0.816. The van der Waals surface area contributed by atoms with Gasteiger partial charge >= 0.3 is 29.6 Å². The Bertz CT molecular complexity index is 401. The van der Waals surface area contributed by atoms with Crippen molar-refractivity contribution in [3.05, 3.63) is 10.6 Å². The van der Waals surface area contributed by atoms with Gasteiger partial charge in [-0.15, -0.1) is 11.3 Å². The van der Waals surface area contributed by atoms with Gasteiger partial charge in [0.2, 0.25) is 0 Å². The van der Waals surface area contributed by atoms with Crippen molar-refractivity contribution in [1.29, 1.82) is 0 Å². The molecular weight excluding hydrogens is 235 g/mol. The Labute approximate surface area is 109 Å². The summed E-state index contributed by atoms with van der Waals surface area (Å²) in [6, 6.07) is 0. The average Bonchev–Trinajstić information content (AvgIpc) is 2.26. The van der Waals surface area contributed by atoms with Crippen molar-refractivity contribution >= 4 is 26.8 Å². The number of nitrogens with zero attached hydrogens (tertiary/aromatic N) is 1. The van der Waals surface area contributed by atoms with Crippen LogP contribution in [-0.2, 0) is 16.7 Å². The zero-order valence-corrected chi connectivity index (χ0v) is 11.8. The molecule has 5 nitrogen and oxygen atoms in total. The number of aromatic nitrogens is 1. The van der Waals surface area contributed by atoms with Crippen LogP contribution in [-0.4, -0.2) is 18.0 Å². The first-order valence-electron chi connectivity index (χ1n) is 3.62. The molecule has 0 bridgehead atoms. The van der Waals surface area contributed by atoms with Crippen LogP contribution in [0.3, 0.4) is 0 Å². The van der Waals surface area contributed by atoms with E-state index in [1.165, 1.54) is 0 Å². The number of nitrogens with one attached hydrogen (secondary N) is 1. The maximum Gasteiger partial charge on any atom is 1.00 e. The molecule has 0 aliphatic heterocycles. The number of hydrogen-bond donors (Lipinski definition) is 1. The van der Waals surface area contributed by atoms with E-state index >= 15 is 0 Å². The van der Waals surface area contributed by atoms with Crippen LogP contribution in [0.25, 0.3) is 0 Å². The molecule has 0 radical (unpaired) electrons. The predicted molar refractivity (Wildman–Crippen MR) is 49.5 cm³/mol. The van der Waals surface area contributed by atoms with Crippen molar-refractivity contribution < 1.29 is 42.5 Å². The van der Waals surface area contributed by atoms with Gasteiger partial charge in [-0.05, 0) is 13.3 Å². The third-order valence-corrected chi connectivity index (χ3v) is 2.94. The van der Waals surface area contributed by atoms with Crippen LogP contribution in [0.2, 0.25) is 0 Å². The fourth-order valence-corrected chi connectivity index (χ4v) is 2.39. The van der Waals surface area contributed by atoms with Crippen molar-refractivity contribution in [2.45, 2.75) is 20.3 Å². The van der Waals surface area contributed by atoms with Gasteiger partial charge in [-0.1, -0.05) is 6.92 Å². The molecule has 0 aromatic carbocycles. The van der Waals surface area contributed by atoms with E-state index in [0.717, 1.165) is 28.3 Å². The van der Waals surface area contributed by atoms with Crippen molar-refractivity contribution in [3.8, 4) is 0 Å². The Balaban J connectivity index is 0.00000169. The van der Waals surface area contributed by atoms with Crippen LogP contribution in [0.4, 0.5) is 5.13 Å². The summed E-state index contributed by atoms with van der Waals surface area (Å²) < 4.78 is 32.7. The first-order valence-corrected chi connectivity index (χ1v) is 5.84. The Morgan fingerprint density at radius 1 is 1.57 bits per heavy atom. The number of rotatable bonds is 3. The van der Waals surface area contributed by atoms with E-state index < -0.39 is 10.3 Å². The fraction of sp³-hybridized carbons (Fsp3) is 0.500. The predicted octanol–water partition coefficient (Wildman–Crippen LogP) is -2.11. The summed E-state index contributed by atoms with van der Waals surface area (Å²) in [5.74, 6) is 0. The molecule has 0 aliphatic carbocycles. The monoisotopic (exact) mass is 244 g/mol. The topological polar surface area (TPSA) is 82.1 Å². The van der Waals surface area contributed by atoms with Crippen LogP contribution < -0.4 is 34.3 Å². The quantitative estimate of drug-likeness (QED) is 0.487. The SMILES string of the molecule is CCc1nc(NS(=O)(=O)[O-])sc1C.[Na+]. The zero-order chi connectivity index (χ0) is 10.1. The summed E-state index contributed by atoms with van der Waals surface area (Å²) in [4.78, 5) is 4.87. The molecule has 1 aromatic rings. The molecule has 0 saturated heterocycles. The van der Waals surface area contributed by atoms with Gasteiger partial charge in [0.05, 0.1) is 5.69 Å². The third-order valence-electron chi connectivity index (χ3n) is 1.44. The second-order valence-corrected chi connectivity index (χ2v) is 4.75. The Morgan fingerprint density at radius 2 is 2.14 bits per heavy atom. The maximum absolute atomic E-state index is 10.3. The molecule has 0 atom stereocenters. The first kappa shape index (κ1) is 14.3. The van der Waals surface area contributed by atoms with Gasteiger partial charge < -0.3 is 4.55 Å². The van der Waals surface area contributed by atoms with Gasteiger partial charge in [0, 0.05) is 4.88 Å². The maximum atomic E-state index is 10.3. The van der Waals surface area contributed by atoms with Gasteiger partial charge in [0.15, 0.2) is 15.4 Å². The van der Waals surface area contributed by atoms with E-state index in [9.17, 15) is 13.0 Å². The molecule has 0 amide bonds. The van der Waals surface area contributed by atoms with E-state index in [1.807, 2.05) is 13.8 Å². The average molecular weight is 244 g/mol. The Morgan fingerprint density at radius 3 is 2.50 bits per heavy atom. The summed E-state index contributed by atoms with van der Waals surface area (Å²) >= 11 is 1.16. The molecule has 8 heteroatoms. The summed E-state index contributed by atoms with van der Waals surface area (Å²) in [6.45, 7) is 3.75. The minimum absolute atomic E-state index is 0. The van der Waals surface area contributed by atoms with Crippen LogP contribution >= 0.6 is 11.3 Å². The second-order valence-electron chi connectivity index (χ2n) is 2.43. The van der Waals surface area contributed by atoms with Crippen molar-refractivity contribution in [3.63, 3.8) is 0 Å². The molecular formula is C6H9N2NaO3S2. The van der Waals surface area contributed by atoms with Crippen LogP contribution in [0.15, 0.2) is 0 Å². The van der Waals surface area contributed by atoms with Gasteiger partial charge in [0.25, 0.3) is 0 Å². The largest absolute Gasteiger partial charge is 1.00 e. The number of thiazole rings is 1. The molecule has 0 spiro atoms. The first-order chi connectivity index (χ1) is 5.92. The second kappa shape index (κ2) is 5.43. The summed E-state index contributed by atoms with van der Waals surface area (Å²) in [7, 11) is -4.44. The van der Waals surface area contributed by atoms with Crippen molar-refractivity contribution in [1.82, 2.24) is 4.98 Å². The fourth-order valence-electron chi connectivity index (χ4n) is 0.907. The molecule has 1 aromatic heterocycles. The van der Waals surface area contributed by atoms with Crippen molar-refractivity contribution in [2.75, 3.05) is 4.72 Å². The van der Waals surface area contributed by atoms with Crippen molar-refractivity contribution in [2.24, 2.45) is 0 Å². The number of hydrogen-bond acceptors (Lipinski definition) is 5. The van der Waals surface area contributed by atoms with E-state index in [-0.39, 0.29) is 34.7 Å². The van der Waals surface area contributed by atoms with E-state index in [2.05, 4.69) is 4.98 Å². The summed E-state index contributed by atoms with van der Waals surface area (Å²) in [6.07, 6.45) is 0.725. The molecule has 14 heavy (non-hydrogen) atoms. The molecule has 0 unspecified atom stereocenters. The van der Waals surface area contributed by atoms with E-state index in [1.54, 1.807) is 4.72 Å². The van der Waals surface area contributed by atoms with Crippen LogP contribution in [0.1, 0.15) is 17.5 Å². The van der Waals surface area contributed by atoms with Crippen LogP contribution in [0.5, 0.6) is 0 Å². The minimum atomic E-state index is -4.44. The third kappa shape index (κ3) is 4.24. The molecule has 0 saturated carbocycles. The molecule has 1 heterocycles. The zero-order valence-electron chi connectivity index (χ0n) is 8.20. The normalized spacial score (nSPS) is 10.8. The minimum Gasteiger partial charge on any atom is -0.731 e. The van der Waals surface area contributed by atoms with Gasteiger partial charge in [-0.3, -0.25) is 4.72 Å². The van der Waals surface area contributed by atoms with Gasteiger partial charge in [-0.25, -0.2) is 13.4 Å². The molecule has 0 fully saturated rings. The Kier molecular flexibility index (Phi) is 5.56. The van der Waals surface area contributed by atoms with Crippen LogP contribution in [0, 0.1) is 6.92 Å². The van der Waals surface area contributed by atoms with Gasteiger partial charge in [-0.2, -0.15) is 0 Å². The molecule has 1 N–H and O–H groups in total. The molecule has 1 rings (SSSR count). The summed E-state index contributed by atoms with van der Waals surface area (Å²) in [5, 5.41) is 0.143. The molecule has 0 aliphatic rings. The number of aryl methyl sites for hydroxylation is 2. The van der Waals surface area contributed by atoms with E-state index in [4.69, 9.17) is 0 Å². The standard InChI is InChI=1S/C6H10N2O3S2.Na/c1-3-5-4(2)12-6(7-5)8-13(9,10)11;/h3H2,1-2H3,(H,7,8)(H,9,10,11);/q;+1/p-1. The van der Waals surface area contributed by atoms with Gasteiger partial charge in [0.1, 0.15) is 0 Å². The Hall–Kier alpha value is 0.340. The smallest absolute Gasteiger partial charge is 0.731 e. The number of anilines is 1. The van der Waals surface area contributed by atoms with E-state index in [0.29, 0.717) is 0 Å².